The molecule has 1 aromatic heterocycles. The number of carbonyl (C=O) groups excluding carboxylic acids is 1. The van der Waals surface area contributed by atoms with E-state index in [1.54, 1.807) is 23.9 Å². The van der Waals surface area contributed by atoms with Crippen LogP contribution < -0.4 is 5.73 Å². The number of halogens is 3. The van der Waals surface area contributed by atoms with Gasteiger partial charge in [0.1, 0.15) is 5.69 Å². The normalized spacial score (nSPS) is 19.4. The molecule has 8 heteroatoms. The number of nitrogens with two attached hydrogens (primary N) is 1. The Kier molecular flexibility index (Phi) is 7.13. The summed E-state index contributed by atoms with van der Waals surface area (Å²) >= 11 is 10.9. The van der Waals surface area contributed by atoms with Crippen molar-refractivity contribution in [2.24, 2.45) is 10.7 Å². The number of rotatable bonds is 4. The van der Waals surface area contributed by atoms with E-state index < -0.39 is 0 Å². The third kappa shape index (κ3) is 5.00. The van der Waals surface area contributed by atoms with Gasteiger partial charge in [0.25, 0.3) is 0 Å². The molecule has 0 saturated carbocycles. The van der Waals surface area contributed by atoms with Crippen molar-refractivity contribution in [1.29, 1.82) is 0 Å². The molecular weight excluding hydrogens is 457 g/mol. The Bertz CT molecular complexity index is 845. The predicted octanol–water partition coefficient (Wildman–Crippen LogP) is 5.01. The van der Waals surface area contributed by atoms with Crippen LogP contribution in [-0.4, -0.2) is 21.7 Å². The quantitative estimate of drug-likeness (QED) is 0.632. The number of Topliss-reactive ketones (excluding diaryl/α,β-unsaturated/α-hetero) is 1. The molecule has 2 heterocycles. The molecule has 0 fully saturated rings. The lowest BCUT2D eigenvalue weighted by atomic mass is 9.88. The molecule has 0 aliphatic carbocycles. The monoisotopic (exact) mass is 473 g/mol. The van der Waals surface area contributed by atoms with Crippen LogP contribution in [0.25, 0.3) is 0 Å². The van der Waals surface area contributed by atoms with Gasteiger partial charge >= 0.3 is 0 Å². The molecule has 0 amide bonds. The number of amidine groups is 1. The van der Waals surface area contributed by atoms with E-state index in [0.29, 0.717) is 15.9 Å². The molecular formula is C18H18BrCl2N3OS. The maximum Gasteiger partial charge on any atom is 0.185 e. The van der Waals surface area contributed by atoms with Crippen LogP contribution in [0.3, 0.4) is 0 Å². The van der Waals surface area contributed by atoms with Gasteiger partial charge in [-0.15, -0.1) is 12.4 Å². The number of thioether (sulfide) groups is 1. The summed E-state index contributed by atoms with van der Waals surface area (Å²) in [4.78, 5) is 21.2. The highest BCUT2D eigenvalue weighted by atomic mass is 79.9. The Hall–Kier alpha value is -1.08. The summed E-state index contributed by atoms with van der Waals surface area (Å²) in [5, 5.41) is 1.12. The lowest BCUT2D eigenvalue weighted by Crippen LogP contribution is -2.29. The van der Waals surface area contributed by atoms with E-state index in [0.717, 1.165) is 27.8 Å². The summed E-state index contributed by atoms with van der Waals surface area (Å²) in [5.74, 6) is 0.884. The van der Waals surface area contributed by atoms with Gasteiger partial charge in [-0.25, -0.2) is 0 Å². The number of nitrogens with zero attached hydrogens (tertiary/aromatic N) is 2. The van der Waals surface area contributed by atoms with Crippen molar-refractivity contribution in [2.45, 2.75) is 25.3 Å². The highest BCUT2D eigenvalue weighted by Crippen LogP contribution is 2.36. The zero-order valence-electron chi connectivity index (χ0n) is 14.0. The van der Waals surface area contributed by atoms with E-state index in [4.69, 9.17) is 17.3 Å². The first-order chi connectivity index (χ1) is 11.9. The second-order valence-corrected chi connectivity index (χ2v) is 8.60. The van der Waals surface area contributed by atoms with Gasteiger partial charge in [-0.3, -0.25) is 14.8 Å². The van der Waals surface area contributed by atoms with Crippen LogP contribution in [0.15, 0.2) is 46.0 Å². The Morgan fingerprint density at radius 1 is 1.38 bits per heavy atom. The predicted molar refractivity (Wildman–Crippen MR) is 115 cm³/mol. The summed E-state index contributed by atoms with van der Waals surface area (Å²) in [6.07, 6.45) is 2.66. The van der Waals surface area contributed by atoms with Crippen LogP contribution in [0, 0.1) is 0 Å². The number of carbonyl (C=O) groups is 1. The highest BCUT2D eigenvalue weighted by Gasteiger charge is 2.30. The molecule has 1 aliphatic heterocycles. The lowest BCUT2D eigenvalue weighted by Gasteiger charge is -2.30. The van der Waals surface area contributed by atoms with Crippen molar-refractivity contribution in [2.75, 3.05) is 5.75 Å². The van der Waals surface area contributed by atoms with Crippen molar-refractivity contribution in [3.8, 4) is 0 Å². The minimum absolute atomic E-state index is 0. The minimum atomic E-state index is -0.366. The average molecular weight is 475 g/mol. The molecule has 2 aromatic rings. The third-order valence-corrected chi connectivity index (χ3v) is 5.63. The highest BCUT2D eigenvalue weighted by molar-refractivity contribution is 9.10. The fourth-order valence-corrected chi connectivity index (χ4v) is 4.40. The van der Waals surface area contributed by atoms with Gasteiger partial charge in [-0.1, -0.05) is 45.4 Å². The van der Waals surface area contributed by atoms with Crippen molar-refractivity contribution >= 4 is 62.7 Å². The first-order valence-electron chi connectivity index (χ1n) is 7.78. The topological polar surface area (TPSA) is 68.3 Å². The van der Waals surface area contributed by atoms with Crippen LogP contribution in [0.5, 0.6) is 0 Å². The van der Waals surface area contributed by atoms with Crippen LogP contribution in [-0.2, 0) is 12.0 Å². The number of hydrogen-bond acceptors (Lipinski definition) is 5. The Morgan fingerprint density at radius 3 is 2.81 bits per heavy atom. The number of ketones is 1. The summed E-state index contributed by atoms with van der Waals surface area (Å²) in [6, 6.07) is 9.35. The maximum absolute atomic E-state index is 12.5. The van der Waals surface area contributed by atoms with Gasteiger partial charge in [-0.05, 0) is 48.7 Å². The molecule has 3 rings (SSSR count). The molecule has 4 nitrogen and oxygen atoms in total. The molecule has 1 atom stereocenters. The number of aromatic nitrogens is 1. The fraction of sp³-hybridized carbons (Fsp3) is 0.278. The van der Waals surface area contributed by atoms with Gasteiger partial charge in [-0.2, -0.15) is 0 Å². The number of aliphatic imine (C=N–C) groups is 1. The summed E-state index contributed by atoms with van der Waals surface area (Å²) < 4.78 is 0.921. The van der Waals surface area contributed by atoms with Gasteiger partial charge in [0.15, 0.2) is 11.0 Å². The largest absolute Gasteiger partial charge is 0.379 e. The van der Waals surface area contributed by atoms with E-state index in [1.807, 2.05) is 18.2 Å². The van der Waals surface area contributed by atoms with Gasteiger partial charge in [0, 0.05) is 22.8 Å². The van der Waals surface area contributed by atoms with Gasteiger partial charge in [0.2, 0.25) is 0 Å². The molecule has 1 aromatic carbocycles. The Morgan fingerprint density at radius 2 is 2.15 bits per heavy atom. The van der Waals surface area contributed by atoms with Crippen molar-refractivity contribution in [3.05, 3.63) is 62.8 Å². The number of pyridine rings is 1. The zero-order valence-corrected chi connectivity index (χ0v) is 18.0. The van der Waals surface area contributed by atoms with Crippen LogP contribution in [0.2, 0.25) is 5.02 Å². The first-order valence-corrected chi connectivity index (χ1v) is 9.94. The summed E-state index contributed by atoms with van der Waals surface area (Å²) in [7, 11) is 0. The molecule has 0 bridgehead atoms. The number of hydrogen-bond donors (Lipinski definition) is 1. The van der Waals surface area contributed by atoms with Crippen molar-refractivity contribution in [3.63, 3.8) is 0 Å². The average Bonchev–Trinajstić information content (AvgIpc) is 2.54. The van der Waals surface area contributed by atoms with E-state index in [-0.39, 0.29) is 30.2 Å². The molecule has 0 spiro atoms. The molecule has 26 heavy (non-hydrogen) atoms. The van der Waals surface area contributed by atoms with Gasteiger partial charge < -0.3 is 5.73 Å². The smallest absolute Gasteiger partial charge is 0.185 e. The summed E-state index contributed by atoms with van der Waals surface area (Å²) in [6.45, 7) is 2.08. The molecule has 2 N–H and O–H groups in total. The van der Waals surface area contributed by atoms with Crippen LogP contribution in [0.1, 0.15) is 35.0 Å². The Labute approximate surface area is 176 Å². The zero-order chi connectivity index (χ0) is 18.0. The fourth-order valence-electron chi connectivity index (χ4n) is 2.77. The minimum Gasteiger partial charge on any atom is -0.379 e. The second kappa shape index (κ2) is 8.74. The number of benzene rings is 1. The first kappa shape index (κ1) is 21.2. The molecule has 1 aliphatic rings. The SMILES string of the molecule is CC1(c2cc(Br)cc(CC(=O)c3ccc(Cl)cn3)c2)CCSC(N)=N1.Cl. The molecule has 0 radical (unpaired) electrons. The van der Waals surface area contributed by atoms with Crippen molar-refractivity contribution < 1.29 is 4.79 Å². The van der Waals surface area contributed by atoms with Gasteiger partial charge in [0.05, 0.1) is 10.6 Å². The second-order valence-electron chi connectivity index (χ2n) is 6.13. The van der Waals surface area contributed by atoms with E-state index in [9.17, 15) is 4.79 Å². The molecule has 1 unspecified atom stereocenters. The van der Waals surface area contributed by atoms with E-state index >= 15 is 0 Å². The standard InChI is InChI=1S/C18H17BrClN3OS.ClH/c1-18(4-5-25-17(21)23-18)12-6-11(7-13(19)9-12)8-16(24)15-3-2-14(20)10-22-15;/h2-3,6-7,9-10H,4-5,8H2,1H3,(H2,21,23);1H. The Balaban J connectivity index is 0.00000243. The summed E-state index contributed by atoms with van der Waals surface area (Å²) in [5.41, 5.74) is 7.93. The molecule has 0 saturated heterocycles. The van der Waals surface area contributed by atoms with Crippen molar-refractivity contribution in [1.82, 2.24) is 4.98 Å². The van der Waals surface area contributed by atoms with Crippen LogP contribution in [0.4, 0.5) is 0 Å². The van der Waals surface area contributed by atoms with E-state index in [1.165, 1.54) is 6.20 Å². The molecule has 138 valence electrons. The third-order valence-electron chi connectivity index (χ3n) is 4.15. The maximum atomic E-state index is 12.5. The van der Waals surface area contributed by atoms with E-state index in [2.05, 4.69) is 32.8 Å². The lowest BCUT2D eigenvalue weighted by molar-refractivity contribution is 0.0988. The van der Waals surface area contributed by atoms with Crippen LogP contribution >= 0.6 is 51.7 Å².